The van der Waals surface area contributed by atoms with E-state index in [1.165, 1.54) is 6.33 Å². The lowest BCUT2D eigenvalue weighted by Gasteiger charge is -2.25. The van der Waals surface area contributed by atoms with Crippen LogP contribution in [-0.2, 0) is 34.0 Å². The van der Waals surface area contributed by atoms with Crippen molar-refractivity contribution in [2.24, 2.45) is 0 Å². The van der Waals surface area contributed by atoms with Crippen molar-refractivity contribution in [1.82, 2.24) is 24.7 Å². The third kappa shape index (κ3) is 10.4. The van der Waals surface area contributed by atoms with Crippen LogP contribution in [0.1, 0.15) is 11.3 Å². The first-order valence-electron chi connectivity index (χ1n) is 10.9. The first-order valence-corrected chi connectivity index (χ1v) is 10.9. The Labute approximate surface area is 221 Å². The fourth-order valence-electron chi connectivity index (χ4n) is 3.01. The van der Waals surface area contributed by atoms with E-state index >= 15 is 0 Å². The molecule has 0 spiro atoms. The molecule has 1 unspecified atom stereocenters. The molecule has 12 nitrogen and oxygen atoms in total. The van der Waals surface area contributed by atoms with Crippen molar-refractivity contribution in [1.29, 1.82) is 0 Å². The summed E-state index contributed by atoms with van der Waals surface area (Å²) < 4.78 is 76.9. The molecule has 0 aliphatic carbocycles. The number of alkyl halides is 6. The van der Waals surface area contributed by atoms with Crippen LogP contribution in [0.2, 0.25) is 0 Å². The zero-order valence-corrected chi connectivity index (χ0v) is 20.5. The van der Waals surface area contributed by atoms with E-state index < -0.39 is 24.3 Å². The highest BCUT2D eigenvalue weighted by molar-refractivity contribution is 5.73. The number of aliphatic carboxylic acids is 2. The molecular formula is C22H22F6N6O6. The van der Waals surface area contributed by atoms with Crippen LogP contribution >= 0.6 is 0 Å². The van der Waals surface area contributed by atoms with Crippen LogP contribution in [0.3, 0.4) is 0 Å². The quantitative estimate of drug-likeness (QED) is 0.429. The Morgan fingerprint density at radius 2 is 1.68 bits per heavy atom. The van der Waals surface area contributed by atoms with Crippen molar-refractivity contribution >= 4 is 17.8 Å². The van der Waals surface area contributed by atoms with Crippen molar-refractivity contribution in [3.05, 3.63) is 60.4 Å². The SMILES string of the molecule is COc1cc(N2Cc3ccnn3CC(OCc3cccnc3)C2)ncn1.O=C(O)C(F)(F)F.O=C(O)C(F)(F)F. The second-order valence-electron chi connectivity index (χ2n) is 7.70. The summed E-state index contributed by atoms with van der Waals surface area (Å²) in [4.78, 5) is 32.6. The molecule has 2 N–H and O–H groups in total. The molecule has 4 rings (SSSR count). The van der Waals surface area contributed by atoms with E-state index in [-0.39, 0.29) is 6.10 Å². The van der Waals surface area contributed by atoms with Crippen molar-refractivity contribution in [3.8, 4) is 5.88 Å². The van der Waals surface area contributed by atoms with Gasteiger partial charge >= 0.3 is 24.3 Å². The fourth-order valence-corrected chi connectivity index (χ4v) is 3.01. The molecule has 40 heavy (non-hydrogen) atoms. The number of aromatic nitrogens is 5. The highest BCUT2D eigenvalue weighted by atomic mass is 19.4. The maximum Gasteiger partial charge on any atom is 0.490 e. The Kier molecular flexibility index (Phi) is 11.2. The molecule has 1 atom stereocenters. The van der Waals surface area contributed by atoms with Gasteiger partial charge in [0.2, 0.25) is 5.88 Å². The molecule has 18 heteroatoms. The molecule has 0 saturated carbocycles. The van der Waals surface area contributed by atoms with Crippen LogP contribution in [0.5, 0.6) is 5.88 Å². The zero-order valence-electron chi connectivity index (χ0n) is 20.5. The molecule has 0 bridgehead atoms. The molecule has 1 aliphatic heterocycles. The van der Waals surface area contributed by atoms with Crippen molar-refractivity contribution in [3.63, 3.8) is 0 Å². The average molecular weight is 580 g/mol. The highest BCUT2D eigenvalue weighted by Crippen LogP contribution is 2.22. The van der Waals surface area contributed by atoms with Crippen molar-refractivity contribution in [2.45, 2.75) is 38.2 Å². The minimum Gasteiger partial charge on any atom is -0.481 e. The number of carboxylic acid groups (broad SMARTS) is 2. The van der Waals surface area contributed by atoms with Gasteiger partial charge in [-0.3, -0.25) is 9.67 Å². The lowest BCUT2D eigenvalue weighted by molar-refractivity contribution is -0.193. The molecule has 0 amide bonds. The van der Waals surface area contributed by atoms with Gasteiger partial charge in [-0.05, 0) is 17.7 Å². The number of methoxy groups -OCH3 is 1. The molecule has 4 heterocycles. The average Bonchev–Trinajstić information content (AvgIpc) is 3.25. The lowest BCUT2D eigenvalue weighted by Crippen LogP contribution is -2.33. The smallest absolute Gasteiger partial charge is 0.481 e. The number of hydrogen-bond donors (Lipinski definition) is 2. The van der Waals surface area contributed by atoms with E-state index in [1.54, 1.807) is 13.3 Å². The second kappa shape index (κ2) is 14.1. The van der Waals surface area contributed by atoms with Crippen LogP contribution in [0.4, 0.5) is 32.2 Å². The van der Waals surface area contributed by atoms with Crippen LogP contribution in [0.15, 0.2) is 49.2 Å². The largest absolute Gasteiger partial charge is 0.490 e. The number of carbonyl (C=O) groups is 2. The highest BCUT2D eigenvalue weighted by Gasteiger charge is 2.38. The van der Waals surface area contributed by atoms with Crippen molar-refractivity contribution in [2.75, 3.05) is 18.6 Å². The third-order valence-corrected chi connectivity index (χ3v) is 4.81. The van der Waals surface area contributed by atoms with Gasteiger partial charge in [-0.2, -0.15) is 31.4 Å². The van der Waals surface area contributed by atoms with E-state index in [4.69, 9.17) is 29.3 Å². The van der Waals surface area contributed by atoms with E-state index in [2.05, 4.69) is 25.0 Å². The minimum atomic E-state index is -5.08. The first kappa shape index (κ1) is 31.7. The number of nitrogens with zero attached hydrogens (tertiary/aromatic N) is 6. The number of anilines is 1. The van der Waals surface area contributed by atoms with Crippen LogP contribution in [0.25, 0.3) is 0 Å². The second-order valence-corrected chi connectivity index (χ2v) is 7.70. The van der Waals surface area contributed by atoms with E-state index in [0.29, 0.717) is 32.1 Å². The number of ether oxygens (including phenoxy) is 2. The summed E-state index contributed by atoms with van der Waals surface area (Å²) in [5, 5.41) is 18.7. The Balaban J connectivity index is 0.000000333. The Bertz CT molecular complexity index is 1220. The summed E-state index contributed by atoms with van der Waals surface area (Å²) >= 11 is 0. The number of hydrogen-bond acceptors (Lipinski definition) is 9. The fraction of sp³-hybridized carbons (Fsp3) is 0.364. The van der Waals surface area contributed by atoms with Gasteiger partial charge in [-0.25, -0.2) is 19.6 Å². The Hall–Kier alpha value is -4.48. The Morgan fingerprint density at radius 1 is 1.02 bits per heavy atom. The predicted molar refractivity (Wildman–Crippen MR) is 122 cm³/mol. The number of pyridine rings is 1. The molecular weight excluding hydrogens is 558 g/mol. The van der Waals surface area contributed by atoms with Crippen LogP contribution in [-0.4, -0.2) is 79.0 Å². The standard InChI is InChI=1S/C18H20N6O2.2C2HF3O2/c1-25-18-7-17(20-13-21-18)23-9-15-4-6-22-24(15)11-16(10-23)26-12-14-3-2-5-19-8-14;2*3-2(4,5)1(6)7/h2-8,13,16H,9-12H2,1H3;2*(H,6,7). The molecule has 3 aromatic rings. The van der Waals surface area contributed by atoms with Gasteiger partial charge in [0, 0.05) is 31.2 Å². The zero-order chi connectivity index (χ0) is 29.9. The molecule has 3 aromatic heterocycles. The molecule has 0 saturated heterocycles. The van der Waals surface area contributed by atoms with Gasteiger partial charge in [0.05, 0.1) is 38.6 Å². The van der Waals surface area contributed by atoms with Gasteiger partial charge < -0.3 is 24.6 Å². The van der Waals surface area contributed by atoms with E-state index in [1.807, 2.05) is 41.3 Å². The maximum atomic E-state index is 10.6. The summed E-state index contributed by atoms with van der Waals surface area (Å²) in [6.07, 6.45) is -3.28. The van der Waals surface area contributed by atoms with Crippen LogP contribution < -0.4 is 9.64 Å². The molecule has 0 fully saturated rings. The normalized spacial score (nSPS) is 14.9. The molecule has 1 aliphatic rings. The summed E-state index contributed by atoms with van der Waals surface area (Å²) in [5.41, 5.74) is 2.17. The maximum absolute atomic E-state index is 10.6. The molecule has 218 valence electrons. The number of rotatable bonds is 5. The molecule has 0 aromatic carbocycles. The summed E-state index contributed by atoms with van der Waals surface area (Å²) in [7, 11) is 1.60. The third-order valence-electron chi connectivity index (χ3n) is 4.81. The minimum absolute atomic E-state index is 0.0303. The van der Waals surface area contributed by atoms with E-state index in [0.717, 1.165) is 17.1 Å². The number of fused-ring (bicyclic) bond motifs is 1. The van der Waals surface area contributed by atoms with Gasteiger partial charge in [0.15, 0.2) is 0 Å². The van der Waals surface area contributed by atoms with Gasteiger partial charge in [0.25, 0.3) is 0 Å². The first-order chi connectivity index (χ1) is 18.7. The predicted octanol–water partition coefficient (Wildman–Crippen LogP) is 2.95. The summed E-state index contributed by atoms with van der Waals surface area (Å²) in [5.74, 6) is -4.16. The monoisotopic (exact) mass is 580 g/mol. The topological polar surface area (TPSA) is 153 Å². The summed E-state index contributed by atoms with van der Waals surface area (Å²) in [6.45, 7) is 2.61. The van der Waals surface area contributed by atoms with Gasteiger partial charge in [-0.1, -0.05) is 6.07 Å². The van der Waals surface area contributed by atoms with Crippen molar-refractivity contribution < 1.29 is 55.6 Å². The Morgan fingerprint density at radius 3 is 2.23 bits per heavy atom. The number of carboxylic acids is 2. The van der Waals surface area contributed by atoms with E-state index in [9.17, 15) is 26.3 Å². The lowest BCUT2D eigenvalue weighted by atomic mass is 10.3. The molecule has 0 radical (unpaired) electrons. The van der Waals surface area contributed by atoms with Gasteiger partial charge in [-0.15, -0.1) is 0 Å². The number of halogens is 6. The summed E-state index contributed by atoms with van der Waals surface area (Å²) in [6, 6.07) is 7.78. The van der Waals surface area contributed by atoms with Crippen LogP contribution in [0, 0.1) is 0 Å². The van der Waals surface area contributed by atoms with Gasteiger partial charge in [0.1, 0.15) is 12.1 Å².